The maximum absolute atomic E-state index is 4.33. The lowest BCUT2D eigenvalue weighted by molar-refractivity contribution is 0.704. The van der Waals surface area contributed by atoms with Crippen molar-refractivity contribution in [3.05, 3.63) is 24.4 Å². The van der Waals surface area contributed by atoms with Crippen LogP contribution in [-0.2, 0) is 0 Å². The summed E-state index contributed by atoms with van der Waals surface area (Å²) < 4.78 is 1.81. The average molecular weight is 176 g/mol. The summed E-state index contributed by atoms with van der Waals surface area (Å²) >= 11 is 0. The zero-order valence-corrected chi connectivity index (χ0v) is 7.81. The molecular weight excluding hydrogens is 164 g/mol. The number of aromatic nitrogens is 4. The van der Waals surface area contributed by atoms with E-state index >= 15 is 0 Å². The number of hydrogen-bond donors (Lipinski definition) is 0. The van der Waals surface area contributed by atoms with Gasteiger partial charge < -0.3 is 0 Å². The van der Waals surface area contributed by atoms with Crippen LogP contribution >= 0.6 is 0 Å². The van der Waals surface area contributed by atoms with Crippen molar-refractivity contribution in [3.63, 3.8) is 0 Å². The van der Waals surface area contributed by atoms with Gasteiger partial charge in [-0.25, -0.2) is 4.98 Å². The van der Waals surface area contributed by atoms with Crippen LogP contribution in [0.2, 0.25) is 0 Å². The Balaban J connectivity index is 2.48. The first-order valence-corrected chi connectivity index (χ1v) is 4.46. The number of fused-ring (bicyclic) bond motifs is 1. The molecule has 0 amide bonds. The number of hydrogen-bond acceptors (Lipinski definition) is 3. The fraction of sp³-hybridized carbons (Fsp3) is 0.444. The summed E-state index contributed by atoms with van der Waals surface area (Å²) in [5.41, 5.74) is 1.95. The standard InChI is InChI=1S/C9H12N4/c1-3-7(2)8-4-9-12-11-6-13(9)5-10-8/h4-7H,3H2,1-2H3. The van der Waals surface area contributed by atoms with Crippen molar-refractivity contribution in [2.24, 2.45) is 0 Å². The molecule has 1 atom stereocenters. The van der Waals surface area contributed by atoms with Crippen molar-refractivity contribution in [2.45, 2.75) is 26.2 Å². The predicted octanol–water partition coefficient (Wildman–Crippen LogP) is 1.64. The molecule has 0 saturated heterocycles. The summed E-state index contributed by atoms with van der Waals surface area (Å²) in [6.07, 6.45) is 4.51. The molecule has 0 spiro atoms. The Kier molecular flexibility index (Phi) is 1.96. The van der Waals surface area contributed by atoms with E-state index in [4.69, 9.17) is 0 Å². The van der Waals surface area contributed by atoms with Crippen molar-refractivity contribution < 1.29 is 0 Å². The van der Waals surface area contributed by atoms with Gasteiger partial charge in [0, 0.05) is 11.8 Å². The minimum absolute atomic E-state index is 0.488. The first kappa shape index (κ1) is 8.16. The lowest BCUT2D eigenvalue weighted by atomic mass is 10.1. The van der Waals surface area contributed by atoms with E-state index in [1.54, 1.807) is 12.7 Å². The Labute approximate surface area is 76.6 Å². The fourth-order valence-corrected chi connectivity index (χ4v) is 1.22. The molecule has 4 heteroatoms. The summed E-state index contributed by atoms with van der Waals surface area (Å²) in [7, 11) is 0. The van der Waals surface area contributed by atoms with E-state index in [0.29, 0.717) is 5.92 Å². The highest BCUT2D eigenvalue weighted by Gasteiger charge is 2.05. The molecule has 0 aliphatic heterocycles. The second-order valence-electron chi connectivity index (χ2n) is 3.22. The largest absolute Gasteiger partial charge is 0.272 e. The molecule has 2 rings (SSSR count). The summed E-state index contributed by atoms with van der Waals surface area (Å²) in [5.74, 6) is 0.488. The predicted molar refractivity (Wildman–Crippen MR) is 49.5 cm³/mol. The molecule has 2 heterocycles. The Morgan fingerprint density at radius 2 is 2.31 bits per heavy atom. The van der Waals surface area contributed by atoms with Gasteiger partial charge in [-0.2, -0.15) is 0 Å². The highest BCUT2D eigenvalue weighted by molar-refractivity contribution is 5.37. The zero-order chi connectivity index (χ0) is 9.26. The van der Waals surface area contributed by atoms with Gasteiger partial charge in [0.2, 0.25) is 0 Å². The molecule has 0 bridgehead atoms. The first-order chi connectivity index (χ1) is 6.31. The summed E-state index contributed by atoms with van der Waals surface area (Å²) in [4.78, 5) is 4.33. The highest BCUT2D eigenvalue weighted by atomic mass is 15.2. The van der Waals surface area contributed by atoms with E-state index in [9.17, 15) is 0 Å². The fourth-order valence-electron chi connectivity index (χ4n) is 1.22. The molecule has 0 aliphatic rings. The van der Waals surface area contributed by atoms with Gasteiger partial charge in [0.15, 0.2) is 5.65 Å². The summed E-state index contributed by atoms with van der Waals surface area (Å²) in [5, 5.41) is 7.77. The maximum Gasteiger partial charge on any atom is 0.163 e. The SMILES string of the molecule is CCC(C)c1cc2nncn2cn1. The molecule has 0 saturated carbocycles. The van der Waals surface area contributed by atoms with Crippen molar-refractivity contribution in [3.8, 4) is 0 Å². The van der Waals surface area contributed by atoms with Gasteiger partial charge in [-0.1, -0.05) is 13.8 Å². The second kappa shape index (κ2) is 3.12. The molecule has 0 fully saturated rings. The first-order valence-electron chi connectivity index (χ1n) is 4.46. The van der Waals surface area contributed by atoms with Crippen molar-refractivity contribution in [2.75, 3.05) is 0 Å². The zero-order valence-electron chi connectivity index (χ0n) is 7.81. The third-order valence-electron chi connectivity index (χ3n) is 2.33. The van der Waals surface area contributed by atoms with Gasteiger partial charge in [0.1, 0.15) is 12.7 Å². The molecule has 0 aliphatic carbocycles. The minimum atomic E-state index is 0.488. The molecule has 1 unspecified atom stereocenters. The topological polar surface area (TPSA) is 43.1 Å². The Bertz CT molecular complexity index is 407. The molecule has 0 radical (unpaired) electrons. The Morgan fingerprint density at radius 3 is 3.08 bits per heavy atom. The molecule has 4 nitrogen and oxygen atoms in total. The van der Waals surface area contributed by atoms with Crippen LogP contribution in [0.4, 0.5) is 0 Å². The van der Waals surface area contributed by atoms with Gasteiger partial charge in [-0.15, -0.1) is 10.2 Å². The van der Waals surface area contributed by atoms with Crippen LogP contribution in [0.25, 0.3) is 5.65 Å². The molecule has 13 heavy (non-hydrogen) atoms. The average Bonchev–Trinajstić information content (AvgIpc) is 2.63. The van der Waals surface area contributed by atoms with Gasteiger partial charge in [0.25, 0.3) is 0 Å². The van der Waals surface area contributed by atoms with Gasteiger partial charge in [0.05, 0.1) is 0 Å². The lowest BCUT2D eigenvalue weighted by Crippen LogP contribution is -1.97. The van der Waals surface area contributed by atoms with Crippen LogP contribution in [-0.4, -0.2) is 19.6 Å². The van der Waals surface area contributed by atoms with E-state index in [1.807, 2.05) is 10.5 Å². The van der Waals surface area contributed by atoms with Crippen LogP contribution in [0.5, 0.6) is 0 Å². The lowest BCUT2D eigenvalue weighted by Gasteiger charge is -2.06. The van der Waals surface area contributed by atoms with Crippen molar-refractivity contribution in [1.82, 2.24) is 19.6 Å². The van der Waals surface area contributed by atoms with Gasteiger partial charge >= 0.3 is 0 Å². The van der Waals surface area contributed by atoms with E-state index < -0.39 is 0 Å². The highest BCUT2D eigenvalue weighted by Crippen LogP contribution is 2.16. The summed E-state index contributed by atoms with van der Waals surface area (Å²) in [6, 6.07) is 1.99. The second-order valence-corrected chi connectivity index (χ2v) is 3.22. The van der Waals surface area contributed by atoms with Crippen LogP contribution < -0.4 is 0 Å². The molecule has 0 N–H and O–H groups in total. The van der Waals surface area contributed by atoms with E-state index in [-0.39, 0.29) is 0 Å². The molecule has 68 valence electrons. The summed E-state index contributed by atoms with van der Waals surface area (Å²) in [6.45, 7) is 4.32. The van der Waals surface area contributed by atoms with E-state index in [0.717, 1.165) is 17.8 Å². The smallest absolute Gasteiger partial charge is 0.163 e. The molecular formula is C9H12N4. The molecule has 2 aromatic rings. The quantitative estimate of drug-likeness (QED) is 0.698. The normalized spacial score (nSPS) is 13.4. The maximum atomic E-state index is 4.33. The van der Waals surface area contributed by atoms with Crippen LogP contribution in [0.15, 0.2) is 18.7 Å². The number of nitrogens with zero attached hydrogens (tertiary/aromatic N) is 4. The van der Waals surface area contributed by atoms with Crippen LogP contribution in [0, 0.1) is 0 Å². The minimum Gasteiger partial charge on any atom is -0.272 e. The van der Waals surface area contributed by atoms with Crippen LogP contribution in [0.3, 0.4) is 0 Å². The van der Waals surface area contributed by atoms with Gasteiger partial charge in [-0.3, -0.25) is 4.40 Å². The monoisotopic (exact) mass is 176 g/mol. The van der Waals surface area contributed by atoms with E-state index in [1.165, 1.54) is 0 Å². The van der Waals surface area contributed by atoms with Crippen molar-refractivity contribution >= 4 is 5.65 Å². The van der Waals surface area contributed by atoms with E-state index in [2.05, 4.69) is 29.0 Å². The van der Waals surface area contributed by atoms with Crippen molar-refractivity contribution in [1.29, 1.82) is 0 Å². The molecule has 2 aromatic heterocycles. The Morgan fingerprint density at radius 1 is 1.46 bits per heavy atom. The third-order valence-corrected chi connectivity index (χ3v) is 2.33. The third kappa shape index (κ3) is 1.39. The number of rotatable bonds is 2. The molecule has 0 aromatic carbocycles. The Hall–Kier alpha value is -1.45. The van der Waals surface area contributed by atoms with Crippen LogP contribution in [0.1, 0.15) is 31.9 Å². The van der Waals surface area contributed by atoms with Gasteiger partial charge in [-0.05, 0) is 12.3 Å².